The summed E-state index contributed by atoms with van der Waals surface area (Å²) in [7, 11) is 0. The number of benzene rings is 10. The highest BCUT2D eigenvalue weighted by molar-refractivity contribution is 6.08. The maximum absolute atomic E-state index is 6.20. The SMILES string of the molecule is C1=C(c2ccc(N(c3ccc(-c4ccc5oc6ccccc6c5c4)cc3)c3cccc4c3-c3ccccc3C43c4ccccc4-c4c3ccc3ccccc43)cc2)c2ccccc2CC1. The number of rotatable bonds is 5. The standard InChI is InChI=1S/C63H41NO/c1-3-16-47-41(13-1)15-11-21-48(47)43-29-35-46(36-30-43)64(45-33-27-40(28-34-45)44-32-38-60-53(39-44)50-18-7-10-26-59(50)65-60)58-25-12-24-56-62(58)52-20-6-9-23-55(52)63(56)54-22-8-5-19-51(54)61-49-17-4-2-14-42(49)31-37-57(61)63/h1-10,12-14,16-39H,11,15H2. The molecule has 1 unspecified atom stereocenters. The van der Waals surface area contributed by atoms with Crippen LogP contribution in [-0.2, 0) is 11.8 Å². The second-order valence-electron chi connectivity index (χ2n) is 17.8. The fourth-order valence-electron chi connectivity index (χ4n) is 11.8. The lowest BCUT2D eigenvalue weighted by atomic mass is 9.70. The average Bonchev–Trinajstić information content (AvgIpc) is 4.01. The Morgan fingerprint density at radius 3 is 1.80 bits per heavy atom. The number of para-hydroxylation sites is 1. The van der Waals surface area contributed by atoms with Gasteiger partial charge in [0.15, 0.2) is 0 Å². The van der Waals surface area contributed by atoms with Crippen LogP contribution in [0, 0.1) is 0 Å². The number of fused-ring (bicyclic) bond motifs is 16. The summed E-state index contributed by atoms with van der Waals surface area (Å²) < 4.78 is 6.20. The highest BCUT2D eigenvalue weighted by Crippen LogP contribution is 2.65. The molecule has 0 saturated carbocycles. The van der Waals surface area contributed by atoms with E-state index < -0.39 is 5.41 Å². The van der Waals surface area contributed by atoms with E-state index in [1.807, 2.05) is 12.1 Å². The monoisotopic (exact) mass is 827 g/mol. The summed E-state index contributed by atoms with van der Waals surface area (Å²) in [6.07, 6.45) is 4.55. The molecule has 3 aliphatic carbocycles. The highest BCUT2D eigenvalue weighted by Gasteiger charge is 2.52. The fourth-order valence-corrected chi connectivity index (χ4v) is 11.8. The van der Waals surface area contributed by atoms with Crippen molar-refractivity contribution < 1.29 is 4.42 Å². The van der Waals surface area contributed by atoms with Gasteiger partial charge in [-0.1, -0.05) is 176 Å². The molecule has 65 heavy (non-hydrogen) atoms. The Morgan fingerprint density at radius 2 is 1.00 bits per heavy atom. The summed E-state index contributed by atoms with van der Waals surface area (Å²) in [5, 5.41) is 4.84. The van der Waals surface area contributed by atoms with Gasteiger partial charge < -0.3 is 9.32 Å². The van der Waals surface area contributed by atoms with Gasteiger partial charge in [-0.15, -0.1) is 0 Å². The predicted molar refractivity (Wildman–Crippen MR) is 269 cm³/mol. The van der Waals surface area contributed by atoms with E-state index in [0.717, 1.165) is 63.0 Å². The van der Waals surface area contributed by atoms with Gasteiger partial charge in [-0.2, -0.15) is 0 Å². The molecule has 1 heterocycles. The van der Waals surface area contributed by atoms with Crippen molar-refractivity contribution in [3.8, 4) is 33.4 Å². The van der Waals surface area contributed by atoms with Crippen molar-refractivity contribution in [2.45, 2.75) is 18.3 Å². The Hall–Kier alpha value is -8.20. The summed E-state index contributed by atoms with van der Waals surface area (Å²) in [5.41, 5.74) is 22.9. The topological polar surface area (TPSA) is 16.4 Å². The molecule has 1 spiro atoms. The summed E-state index contributed by atoms with van der Waals surface area (Å²) in [6.45, 7) is 0. The number of aryl methyl sites for hydroxylation is 1. The fraction of sp³-hybridized carbons (Fsp3) is 0.0476. The first kappa shape index (κ1) is 36.3. The van der Waals surface area contributed by atoms with Gasteiger partial charge in [-0.3, -0.25) is 0 Å². The minimum atomic E-state index is -0.478. The molecule has 0 radical (unpaired) electrons. The zero-order chi connectivity index (χ0) is 42.6. The van der Waals surface area contributed by atoms with Crippen molar-refractivity contribution in [3.63, 3.8) is 0 Å². The van der Waals surface area contributed by atoms with Gasteiger partial charge in [-0.05, 0) is 144 Å². The summed E-state index contributed by atoms with van der Waals surface area (Å²) in [6, 6.07) is 81.1. The first-order valence-corrected chi connectivity index (χ1v) is 22.8. The highest BCUT2D eigenvalue weighted by atomic mass is 16.3. The molecule has 0 N–H and O–H groups in total. The molecule has 0 aliphatic heterocycles. The van der Waals surface area contributed by atoms with Gasteiger partial charge in [0.1, 0.15) is 11.2 Å². The zero-order valence-corrected chi connectivity index (χ0v) is 35.6. The predicted octanol–water partition coefficient (Wildman–Crippen LogP) is 16.6. The van der Waals surface area contributed by atoms with Crippen LogP contribution in [-0.4, -0.2) is 0 Å². The number of anilines is 3. The molecule has 10 aromatic carbocycles. The normalized spacial score (nSPS) is 15.4. The molecular weight excluding hydrogens is 787 g/mol. The van der Waals surface area contributed by atoms with Crippen LogP contribution in [0.3, 0.4) is 0 Å². The van der Waals surface area contributed by atoms with Crippen LogP contribution >= 0.6 is 0 Å². The quantitative estimate of drug-likeness (QED) is 0.172. The largest absolute Gasteiger partial charge is 0.456 e. The van der Waals surface area contributed by atoms with Crippen LogP contribution < -0.4 is 4.90 Å². The lowest BCUT2D eigenvalue weighted by Gasteiger charge is -2.32. The third kappa shape index (κ3) is 5.17. The Kier molecular flexibility index (Phi) is 7.76. The van der Waals surface area contributed by atoms with Crippen LogP contribution in [0.5, 0.6) is 0 Å². The number of nitrogens with zero attached hydrogens (tertiary/aromatic N) is 1. The molecule has 304 valence electrons. The molecule has 0 amide bonds. The second kappa shape index (κ2) is 13.9. The van der Waals surface area contributed by atoms with Gasteiger partial charge in [0.25, 0.3) is 0 Å². The first-order valence-electron chi connectivity index (χ1n) is 22.8. The first-order chi connectivity index (χ1) is 32.2. The van der Waals surface area contributed by atoms with E-state index in [1.54, 1.807) is 0 Å². The van der Waals surface area contributed by atoms with E-state index >= 15 is 0 Å². The lowest BCUT2D eigenvalue weighted by molar-refractivity contribution is 0.669. The average molecular weight is 828 g/mol. The minimum absolute atomic E-state index is 0.478. The Bertz CT molecular complexity index is 3780. The third-order valence-corrected chi connectivity index (χ3v) is 14.6. The molecule has 3 aliphatic rings. The minimum Gasteiger partial charge on any atom is -0.456 e. The summed E-state index contributed by atoms with van der Waals surface area (Å²) in [5.74, 6) is 0. The molecule has 2 heteroatoms. The molecule has 11 aromatic rings. The summed E-state index contributed by atoms with van der Waals surface area (Å²) >= 11 is 0. The van der Waals surface area contributed by atoms with Gasteiger partial charge in [0.05, 0.1) is 11.1 Å². The smallest absolute Gasteiger partial charge is 0.135 e. The second-order valence-corrected chi connectivity index (χ2v) is 17.8. The Labute approximate surface area is 378 Å². The van der Waals surface area contributed by atoms with Crippen molar-refractivity contribution in [1.82, 2.24) is 0 Å². The van der Waals surface area contributed by atoms with Crippen LogP contribution in [0.15, 0.2) is 229 Å². The van der Waals surface area contributed by atoms with Crippen molar-refractivity contribution in [2.75, 3.05) is 4.90 Å². The van der Waals surface area contributed by atoms with Crippen LogP contribution in [0.2, 0.25) is 0 Å². The van der Waals surface area contributed by atoms with Gasteiger partial charge >= 0.3 is 0 Å². The maximum Gasteiger partial charge on any atom is 0.135 e. The van der Waals surface area contributed by atoms with E-state index in [-0.39, 0.29) is 0 Å². The molecule has 0 saturated heterocycles. The molecule has 2 nitrogen and oxygen atoms in total. The number of hydrogen-bond donors (Lipinski definition) is 0. The van der Waals surface area contributed by atoms with Crippen LogP contribution in [0.25, 0.3) is 71.7 Å². The maximum atomic E-state index is 6.20. The Morgan fingerprint density at radius 1 is 0.400 bits per heavy atom. The van der Waals surface area contributed by atoms with Crippen molar-refractivity contribution in [1.29, 1.82) is 0 Å². The Balaban J connectivity index is 0.973. The lowest BCUT2D eigenvalue weighted by Crippen LogP contribution is -2.26. The van der Waals surface area contributed by atoms with E-state index in [1.165, 1.54) is 77.5 Å². The van der Waals surface area contributed by atoms with Crippen LogP contribution in [0.1, 0.15) is 45.4 Å². The van der Waals surface area contributed by atoms with Gasteiger partial charge in [0.2, 0.25) is 0 Å². The van der Waals surface area contributed by atoms with Crippen LogP contribution in [0.4, 0.5) is 17.1 Å². The van der Waals surface area contributed by atoms with E-state index in [0.29, 0.717) is 0 Å². The number of hydrogen-bond acceptors (Lipinski definition) is 2. The van der Waals surface area contributed by atoms with Gasteiger partial charge in [-0.25, -0.2) is 0 Å². The molecule has 0 fully saturated rings. The van der Waals surface area contributed by atoms with Crippen molar-refractivity contribution in [3.05, 3.63) is 263 Å². The molecule has 1 aromatic heterocycles. The molecule has 14 rings (SSSR count). The van der Waals surface area contributed by atoms with Crippen molar-refractivity contribution in [2.24, 2.45) is 0 Å². The third-order valence-electron chi connectivity index (χ3n) is 14.6. The van der Waals surface area contributed by atoms with Gasteiger partial charge in [0, 0.05) is 27.7 Å². The van der Waals surface area contributed by atoms with Crippen molar-refractivity contribution >= 4 is 55.3 Å². The number of allylic oxidation sites excluding steroid dienone is 1. The molecule has 1 atom stereocenters. The van der Waals surface area contributed by atoms with E-state index in [9.17, 15) is 0 Å². The molecular formula is C63H41NO. The van der Waals surface area contributed by atoms with E-state index in [2.05, 4.69) is 217 Å². The molecule has 0 bridgehead atoms. The summed E-state index contributed by atoms with van der Waals surface area (Å²) in [4.78, 5) is 2.49. The van der Waals surface area contributed by atoms with E-state index in [4.69, 9.17) is 4.42 Å². The number of furan rings is 1. The zero-order valence-electron chi connectivity index (χ0n) is 35.6.